The molecular weight excluding hydrogens is 608 g/mol. The molecule has 2 aromatic carbocycles. The number of anilines is 4. The Labute approximate surface area is 274 Å². The summed E-state index contributed by atoms with van der Waals surface area (Å²) in [6, 6.07) is 14.9. The molecule has 0 radical (unpaired) electrons. The van der Waals surface area contributed by atoms with Gasteiger partial charge >= 0.3 is 6.09 Å². The van der Waals surface area contributed by atoms with E-state index < -0.39 is 11.7 Å². The van der Waals surface area contributed by atoms with Gasteiger partial charge in [0.25, 0.3) is 0 Å². The van der Waals surface area contributed by atoms with Crippen molar-refractivity contribution in [2.75, 3.05) is 22.1 Å². The fourth-order valence-corrected chi connectivity index (χ4v) is 4.84. The minimum Gasteiger partial charge on any atom is -0.443 e. The van der Waals surface area contributed by atoms with Crippen molar-refractivity contribution in [1.29, 1.82) is 0 Å². The van der Waals surface area contributed by atoms with Gasteiger partial charge in [0.15, 0.2) is 5.95 Å². The average Bonchev–Trinajstić information content (AvgIpc) is 3.52. The number of nitrogens with two attached hydrogens (primary N) is 2. The number of amides is 2. The maximum atomic E-state index is 12.4. The van der Waals surface area contributed by atoms with Gasteiger partial charge in [0.2, 0.25) is 17.8 Å². The highest BCUT2D eigenvalue weighted by Gasteiger charge is 2.26. The number of hydrogen-bond acceptors (Lipinski definition) is 8. The van der Waals surface area contributed by atoms with E-state index in [1.54, 1.807) is 39.1 Å². The molecule has 46 heavy (non-hydrogen) atoms. The fraction of sp³-hybridized carbons (Fsp3) is 0.364. The summed E-state index contributed by atoms with van der Waals surface area (Å²) in [5.41, 5.74) is 15.4. The van der Waals surface area contributed by atoms with E-state index in [1.807, 2.05) is 36.4 Å². The Balaban J connectivity index is 0.000000213. The first-order chi connectivity index (χ1) is 21.5. The number of hydrogen-bond donors (Lipinski definition) is 5. The van der Waals surface area contributed by atoms with Gasteiger partial charge < -0.3 is 31.8 Å². The Kier molecular flexibility index (Phi) is 10.7. The first-order valence-electron chi connectivity index (χ1n) is 15.2. The van der Waals surface area contributed by atoms with Crippen LogP contribution in [0.5, 0.6) is 0 Å². The summed E-state index contributed by atoms with van der Waals surface area (Å²) in [5, 5.41) is 5.86. The largest absolute Gasteiger partial charge is 0.443 e. The number of imidazole rings is 2. The van der Waals surface area contributed by atoms with Crippen molar-refractivity contribution < 1.29 is 19.1 Å². The monoisotopic (exact) mass is 648 g/mol. The predicted octanol–water partition coefficient (Wildman–Crippen LogP) is 6.47. The molecule has 0 bridgehead atoms. The summed E-state index contributed by atoms with van der Waals surface area (Å²) in [6.45, 7) is 5.37. The van der Waals surface area contributed by atoms with Gasteiger partial charge in [-0.25, -0.2) is 19.3 Å². The molecule has 0 aliphatic heterocycles. The first kappa shape index (κ1) is 34.0. The number of carbonyl (C=O) groups is 3. The van der Waals surface area contributed by atoms with E-state index in [0.29, 0.717) is 11.6 Å². The molecule has 2 aliphatic rings. The molecule has 244 valence electrons. The number of nitrogens with one attached hydrogen (secondary N) is 3. The number of carbonyl (C=O) groups excluding carboxylic acids is 3. The van der Waals surface area contributed by atoms with Crippen molar-refractivity contribution in [3.8, 4) is 22.5 Å². The minimum atomic E-state index is -0.638. The van der Waals surface area contributed by atoms with Gasteiger partial charge in [-0.1, -0.05) is 37.1 Å². The van der Waals surface area contributed by atoms with Gasteiger partial charge in [0.05, 0.1) is 23.8 Å². The maximum Gasteiger partial charge on any atom is 0.421 e. The quantitative estimate of drug-likeness (QED) is 0.157. The molecule has 2 aromatic heterocycles. The molecule has 0 spiro atoms. The Morgan fingerprint density at radius 1 is 0.804 bits per heavy atom. The minimum absolute atomic E-state index is 0. The summed E-state index contributed by atoms with van der Waals surface area (Å²) in [4.78, 5) is 47.2. The molecule has 0 unspecified atom stereocenters. The molecular formula is C33H41ClN8O4. The van der Waals surface area contributed by atoms with Crippen molar-refractivity contribution in [1.82, 2.24) is 19.5 Å². The molecule has 2 saturated carbocycles. The zero-order valence-electron chi connectivity index (χ0n) is 26.2. The number of halogens is 1. The van der Waals surface area contributed by atoms with Gasteiger partial charge in [0.1, 0.15) is 5.60 Å². The molecule has 12 nitrogen and oxygen atoms in total. The van der Waals surface area contributed by atoms with Gasteiger partial charge in [-0.3, -0.25) is 9.59 Å². The summed E-state index contributed by atoms with van der Waals surface area (Å²) >= 11 is 0. The molecule has 2 heterocycles. The van der Waals surface area contributed by atoms with Crippen LogP contribution in [-0.2, 0) is 14.3 Å². The van der Waals surface area contributed by atoms with Crippen molar-refractivity contribution in [2.45, 2.75) is 64.9 Å². The van der Waals surface area contributed by atoms with Crippen LogP contribution in [0.2, 0.25) is 0 Å². The normalized spacial score (nSPS) is 14.4. The highest BCUT2D eigenvalue weighted by Crippen LogP contribution is 2.30. The van der Waals surface area contributed by atoms with Crippen LogP contribution < -0.4 is 22.1 Å². The number of ether oxygens (including phenoxy) is 1. The van der Waals surface area contributed by atoms with Crippen molar-refractivity contribution in [2.24, 2.45) is 11.8 Å². The summed E-state index contributed by atoms with van der Waals surface area (Å²) in [6.07, 6.45) is 8.86. The lowest BCUT2D eigenvalue weighted by Gasteiger charge is -2.24. The standard InChI is InChI=1S/C19H24N4O3.C14H16N4O.ClH/c1-19(2,3)26-18(25)23-15(11-21-17(23)20)12-7-9-14(10-8-12)22-16(24)13-5-4-6-13;15-14-16-8-12(18-14)9-4-6-11(7-5-9)17-13(19)10-2-1-3-10;/h7-11,13H,4-6H2,1-3H3,(H2,20,21)(H,22,24);4-8,10H,1-3H2,(H,17,19)(H3,15,16,18);1H. The lowest BCUT2D eigenvalue weighted by Crippen LogP contribution is -2.28. The van der Waals surface area contributed by atoms with E-state index in [9.17, 15) is 14.4 Å². The fourth-order valence-electron chi connectivity index (χ4n) is 4.84. The first-order valence-corrected chi connectivity index (χ1v) is 15.2. The molecule has 2 amide bonds. The van der Waals surface area contributed by atoms with Crippen LogP contribution in [0, 0.1) is 11.8 Å². The van der Waals surface area contributed by atoms with E-state index in [1.165, 1.54) is 10.8 Å². The summed E-state index contributed by atoms with van der Waals surface area (Å²) in [5.74, 6) is 0.987. The molecule has 13 heteroatoms. The summed E-state index contributed by atoms with van der Waals surface area (Å²) < 4.78 is 6.64. The van der Waals surface area contributed by atoms with E-state index >= 15 is 0 Å². The highest BCUT2D eigenvalue weighted by molar-refractivity contribution is 5.94. The predicted molar refractivity (Wildman–Crippen MR) is 181 cm³/mol. The Bertz CT molecular complexity index is 1650. The number of aromatic amines is 1. The van der Waals surface area contributed by atoms with Crippen LogP contribution in [0.25, 0.3) is 22.5 Å². The van der Waals surface area contributed by atoms with Crippen molar-refractivity contribution in [3.63, 3.8) is 0 Å². The molecule has 2 fully saturated rings. The maximum absolute atomic E-state index is 12.4. The number of benzene rings is 2. The lowest BCUT2D eigenvalue weighted by molar-refractivity contribution is -0.122. The highest BCUT2D eigenvalue weighted by atomic mass is 35.5. The Hall–Kier alpha value is -4.84. The Morgan fingerprint density at radius 3 is 1.72 bits per heavy atom. The third-order valence-electron chi connectivity index (χ3n) is 7.82. The molecule has 7 N–H and O–H groups in total. The van der Waals surface area contributed by atoms with E-state index in [-0.39, 0.29) is 42.0 Å². The molecule has 0 saturated heterocycles. The third-order valence-corrected chi connectivity index (χ3v) is 7.82. The third kappa shape index (κ3) is 8.45. The van der Waals surface area contributed by atoms with Gasteiger partial charge in [-0.2, -0.15) is 0 Å². The van der Waals surface area contributed by atoms with Crippen LogP contribution in [-0.4, -0.2) is 43.0 Å². The van der Waals surface area contributed by atoms with Crippen LogP contribution in [0.3, 0.4) is 0 Å². The van der Waals surface area contributed by atoms with Crippen LogP contribution in [0.1, 0.15) is 59.3 Å². The van der Waals surface area contributed by atoms with Gasteiger partial charge in [-0.15, -0.1) is 12.4 Å². The summed E-state index contributed by atoms with van der Waals surface area (Å²) in [7, 11) is 0. The number of H-pyrrole nitrogens is 1. The second kappa shape index (κ2) is 14.5. The van der Waals surface area contributed by atoms with Crippen LogP contribution in [0.4, 0.5) is 28.1 Å². The number of nitrogen functional groups attached to an aromatic ring is 2. The smallest absolute Gasteiger partial charge is 0.421 e. The van der Waals surface area contributed by atoms with Crippen molar-refractivity contribution in [3.05, 3.63) is 60.9 Å². The molecule has 6 rings (SSSR count). The van der Waals surface area contributed by atoms with E-state index in [0.717, 1.165) is 66.7 Å². The molecule has 0 atom stereocenters. The van der Waals surface area contributed by atoms with Gasteiger partial charge in [-0.05, 0) is 76.3 Å². The zero-order valence-corrected chi connectivity index (χ0v) is 27.0. The number of aromatic nitrogens is 4. The Morgan fingerprint density at radius 2 is 1.30 bits per heavy atom. The average molecular weight is 649 g/mol. The topological polar surface area (TPSA) is 183 Å². The van der Waals surface area contributed by atoms with Crippen LogP contribution in [0.15, 0.2) is 60.9 Å². The molecule has 2 aliphatic carbocycles. The van der Waals surface area contributed by atoms with E-state index in [4.69, 9.17) is 16.2 Å². The SMILES string of the molecule is CC(C)(C)OC(=O)n1c(-c2ccc(NC(=O)C3CCC3)cc2)cnc1N.Cl.Nc1ncc(-c2ccc(NC(=O)C3CCC3)cc2)[nH]1. The van der Waals surface area contributed by atoms with E-state index in [2.05, 4.69) is 25.6 Å². The second-order valence-corrected chi connectivity index (χ2v) is 12.4. The number of rotatable bonds is 6. The number of nitrogens with zero attached hydrogens (tertiary/aromatic N) is 3. The molecule has 4 aromatic rings. The second-order valence-electron chi connectivity index (χ2n) is 12.4. The lowest BCUT2D eigenvalue weighted by atomic mass is 9.85. The van der Waals surface area contributed by atoms with Gasteiger partial charge in [0, 0.05) is 28.8 Å². The zero-order chi connectivity index (χ0) is 32.1. The van der Waals surface area contributed by atoms with Crippen LogP contribution >= 0.6 is 12.4 Å². The van der Waals surface area contributed by atoms with Crippen molar-refractivity contribution >= 4 is 53.6 Å².